The number of ether oxygens (including phenoxy) is 2. The average Bonchev–Trinajstić information content (AvgIpc) is 3.40. The SMILES string of the molecule is CCc1sc2nc(-c3ccc4c(c3)OCO4)c(C=O)n2c1-c1ccccc1. The van der Waals surface area contributed by atoms with Crippen molar-refractivity contribution < 1.29 is 14.3 Å². The first-order chi connectivity index (χ1) is 13.3. The van der Waals surface area contributed by atoms with Crippen LogP contribution in [0.3, 0.4) is 0 Å². The van der Waals surface area contributed by atoms with Gasteiger partial charge in [0.05, 0.1) is 5.69 Å². The van der Waals surface area contributed by atoms with Crippen LogP contribution in [0.5, 0.6) is 11.5 Å². The fourth-order valence-corrected chi connectivity index (χ4v) is 4.56. The molecule has 0 saturated heterocycles. The summed E-state index contributed by atoms with van der Waals surface area (Å²) in [7, 11) is 0. The lowest BCUT2D eigenvalue weighted by atomic mass is 10.1. The Bertz CT molecular complexity index is 1160. The third kappa shape index (κ3) is 2.44. The van der Waals surface area contributed by atoms with E-state index in [1.165, 1.54) is 4.88 Å². The molecule has 0 saturated carbocycles. The number of thiazole rings is 1. The van der Waals surface area contributed by atoms with Gasteiger partial charge in [0.15, 0.2) is 22.7 Å². The average molecular weight is 376 g/mol. The van der Waals surface area contributed by atoms with Crippen LogP contribution in [-0.4, -0.2) is 22.5 Å². The number of rotatable bonds is 4. The van der Waals surface area contributed by atoms with Gasteiger partial charge in [-0.25, -0.2) is 4.98 Å². The summed E-state index contributed by atoms with van der Waals surface area (Å²) < 4.78 is 12.8. The van der Waals surface area contributed by atoms with Crippen LogP contribution in [0.1, 0.15) is 22.3 Å². The highest BCUT2D eigenvalue weighted by atomic mass is 32.1. The summed E-state index contributed by atoms with van der Waals surface area (Å²) in [5.74, 6) is 1.39. The lowest BCUT2D eigenvalue weighted by Gasteiger charge is -2.06. The van der Waals surface area contributed by atoms with Gasteiger partial charge in [0, 0.05) is 10.4 Å². The second-order valence-corrected chi connectivity index (χ2v) is 7.31. The highest BCUT2D eigenvalue weighted by molar-refractivity contribution is 7.17. The summed E-state index contributed by atoms with van der Waals surface area (Å²) in [6, 6.07) is 15.8. The molecule has 27 heavy (non-hydrogen) atoms. The molecule has 0 spiro atoms. The van der Waals surface area contributed by atoms with Crippen molar-refractivity contribution in [3.05, 3.63) is 59.1 Å². The van der Waals surface area contributed by atoms with Gasteiger partial charge in [0.2, 0.25) is 6.79 Å². The zero-order chi connectivity index (χ0) is 18.4. The van der Waals surface area contributed by atoms with Crippen LogP contribution in [0.4, 0.5) is 0 Å². The van der Waals surface area contributed by atoms with E-state index in [1.54, 1.807) is 11.3 Å². The minimum atomic E-state index is 0.218. The molecule has 134 valence electrons. The predicted molar refractivity (Wildman–Crippen MR) is 105 cm³/mol. The summed E-state index contributed by atoms with van der Waals surface area (Å²) in [6.45, 7) is 2.34. The Hall–Kier alpha value is -3.12. The maximum atomic E-state index is 12.1. The number of hydrogen-bond acceptors (Lipinski definition) is 5. The van der Waals surface area contributed by atoms with Gasteiger partial charge >= 0.3 is 0 Å². The van der Waals surface area contributed by atoms with Crippen molar-refractivity contribution in [2.75, 3.05) is 6.79 Å². The third-order valence-corrected chi connectivity index (χ3v) is 5.90. The third-order valence-electron chi connectivity index (χ3n) is 4.71. The van der Waals surface area contributed by atoms with E-state index in [1.807, 2.05) is 40.8 Å². The summed E-state index contributed by atoms with van der Waals surface area (Å²) >= 11 is 1.63. The molecule has 0 radical (unpaired) electrons. The van der Waals surface area contributed by atoms with Gasteiger partial charge < -0.3 is 9.47 Å². The van der Waals surface area contributed by atoms with E-state index in [4.69, 9.17) is 14.5 Å². The molecule has 5 rings (SSSR count). The van der Waals surface area contributed by atoms with E-state index in [0.717, 1.165) is 34.5 Å². The number of hydrogen-bond donors (Lipinski definition) is 0. The van der Waals surface area contributed by atoms with Gasteiger partial charge in [-0.05, 0) is 30.2 Å². The number of fused-ring (bicyclic) bond motifs is 2. The summed E-state index contributed by atoms with van der Waals surface area (Å²) in [4.78, 5) is 18.9. The van der Waals surface area contributed by atoms with Crippen LogP contribution in [0.2, 0.25) is 0 Å². The zero-order valence-electron chi connectivity index (χ0n) is 14.6. The normalized spacial score (nSPS) is 12.6. The molecule has 0 aliphatic carbocycles. The van der Waals surface area contributed by atoms with Crippen molar-refractivity contribution in [2.24, 2.45) is 0 Å². The molecule has 0 unspecified atom stereocenters. The molecule has 1 aliphatic heterocycles. The molecule has 0 bridgehead atoms. The highest BCUT2D eigenvalue weighted by Crippen LogP contribution is 2.39. The van der Waals surface area contributed by atoms with Gasteiger partial charge in [-0.1, -0.05) is 37.3 Å². The number of carbonyl (C=O) groups excluding carboxylic acids is 1. The summed E-state index contributed by atoms with van der Waals surface area (Å²) in [6.07, 6.45) is 1.77. The quantitative estimate of drug-likeness (QED) is 0.479. The van der Waals surface area contributed by atoms with E-state index in [9.17, 15) is 4.79 Å². The van der Waals surface area contributed by atoms with Crippen molar-refractivity contribution >= 4 is 22.6 Å². The Labute approximate surface area is 159 Å². The number of nitrogens with zero attached hydrogens (tertiary/aromatic N) is 2. The fourth-order valence-electron chi connectivity index (χ4n) is 3.47. The minimum absolute atomic E-state index is 0.218. The standard InChI is InChI=1S/C21H16N2O3S/c1-2-18-20(13-6-4-3-5-7-13)23-15(11-24)19(22-21(23)27-18)14-8-9-16-17(10-14)26-12-25-16/h3-11H,2,12H2,1H3. The molecule has 0 amide bonds. The Morgan fingerprint density at radius 3 is 2.70 bits per heavy atom. The molecule has 6 heteroatoms. The second-order valence-electron chi connectivity index (χ2n) is 6.24. The lowest BCUT2D eigenvalue weighted by Crippen LogP contribution is -1.96. The van der Waals surface area contributed by atoms with Gasteiger partial charge in [-0.2, -0.15) is 0 Å². The molecule has 0 atom stereocenters. The van der Waals surface area contributed by atoms with E-state index in [2.05, 4.69) is 19.1 Å². The number of aryl methyl sites for hydroxylation is 1. The minimum Gasteiger partial charge on any atom is -0.454 e. The maximum Gasteiger partial charge on any atom is 0.231 e. The molecular formula is C21H16N2O3S. The van der Waals surface area contributed by atoms with Crippen molar-refractivity contribution in [2.45, 2.75) is 13.3 Å². The van der Waals surface area contributed by atoms with Crippen molar-refractivity contribution in [1.29, 1.82) is 0 Å². The Balaban J connectivity index is 1.76. The molecule has 0 fully saturated rings. The molecule has 1 aliphatic rings. The highest BCUT2D eigenvalue weighted by Gasteiger charge is 2.23. The van der Waals surface area contributed by atoms with Gasteiger partial charge in [0.1, 0.15) is 11.4 Å². The van der Waals surface area contributed by atoms with Crippen LogP contribution in [0.25, 0.3) is 27.5 Å². The molecule has 0 N–H and O–H groups in total. The first-order valence-corrected chi connectivity index (χ1v) is 9.56. The first-order valence-electron chi connectivity index (χ1n) is 8.75. The molecule has 3 heterocycles. The lowest BCUT2D eigenvalue weighted by molar-refractivity contribution is 0.111. The Kier molecular flexibility index (Phi) is 3.72. The number of carbonyl (C=O) groups is 1. The molecule has 2 aromatic carbocycles. The first kappa shape index (κ1) is 16.1. The molecule has 5 nitrogen and oxygen atoms in total. The topological polar surface area (TPSA) is 52.8 Å². The van der Waals surface area contributed by atoms with Crippen LogP contribution in [-0.2, 0) is 6.42 Å². The number of benzene rings is 2. The molecular weight excluding hydrogens is 360 g/mol. The molecule has 2 aromatic heterocycles. The largest absolute Gasteiger partial charge is 0.454 e. The maximum absolute atomic E-state index is 12.1. The Morgan fingerprint density at radius 2 is 1.93 bits per heavy atom. The van der Waals surface area contributed by atoms with Gasteiger partial charge in [-0.15, -0.1) is 11.3 Å². The van der Waals surface area contributed by atoms with E-state index < -0.39 is 0 Å². The van der Waals surface area contributed by atoms with Crippen LogP contribution in [0, 0.1) is 0 Å². The Morgan fingerprint density at radius 1 is 1.11 bits per heavy atom. The van der Waals surface area contributed by atoms with Gasteiger partial charge in [0.25, 0.3) is 0 Å². The predicted octanol–water partition coefficient (Wildman–Crippen LogP) is 4.83. The zero-order valence-corrected chi connectivity index (χ0v) is 15.5. The second kappa shape index (κ2) is 6.25. The van der Waals surface area contributed by atoms with Crippen molar-refractivity contribution in [3.63, 3.8) is 0 Å². The van der Waals surface area contributed by atoms with E-state index in [0.29, 0.717) is 22.9 Å². The summed E-state index contributed by atoms with van der Waals surface area (Å²) in [5.41, 5.74) is 4.18. The van der Waals surface area contributed by atoms with Crippen molar-refractivity contribution in [1.82, 2.24) is 9.38 Å². The van der Waals surface area contributed by atoms with Crippen LogP contribution >= 0.6 is 11.3 Å². The monoisotopic (exact) mass is 376 g/mol. The van der Waals surface area contributed by atoms with E-state index >= 15 is 0 Å². The fraction of sp³-hybridized carbons (Fsp3) is 0.143. The number of imidazole rings is 1. The smallest absolute Gasteiger partial charge is 0.231 e. The van der Waals surface area contributed by atoms with Crippen LogP contribution < -0.4 is 9.47 Å². The van der Waals surface area contributed by atoms with Crippen molar-refractivity contribution in [3.8, 4) is 34.0 Å². The van der Waals surface area contributed by atoms with Gasteiger partial charge in [-0.3, -0.25) is 9.20 Å². The number of aldehydes is 1. The van der Waals surface area contributed by atoms with Crippen LogP contribution in [0.15, 0.2) is 48.5 Å². The van der Waals surface area contributed by atoms with E-state index in [-0.39, 0.29) is 6.79 Å². The summed E-state index contributed by atoms with van der Waals surface area (Å²) in [5, 5.41) is 0. The molecule has 4 aromatic rings. The number of aromatic nitrogens is 2.